The van der Waals surface area contributed by atoms with Crippen molar-refractivity contribution in [3.63, 3.8) is 0 Å². The van der Waals surface area contributed by atoms with E-state index in [4.69, 9.17) is 16.3 Å². The van der Waals surface area contributed by atoms with Crippen LogP contribution >= 0.6 is 11.6 Å². The molecule has 2 heterocycles. The van der Waals surface area contributed by atoms with Crippen LogP contribution in [0.5, 0.6) is 0 Å². The average Bonchev–Trinajstić information content (AvgIpc) is 2.84. The number of ether oxygens (including phenoxy) is 1. The number of rotatable bonds is 2. The normalized spacial score (nSPS) is 22.2. The molecule has 1 aliphatic carbocycles. The number of fused-ring (bicyclic) bond motifs is 2. The molecule has 1 saturated heterocycles. The second-order valence-electron chi connectivity index (χ2n) is 7.54. The molecule has 0 saturated carbocycles. The van der Waals surface area contributed by atoms with Gasteiger partial charge in [-0.3, -0.25) is 4.98 Å². The maximum absolute atomic E-state index is 12.2. The lowest BCUT2D eigenvalue weighted by Crippen LogP contribution is -2.46. The molecule has 2 aliphatic rings. The smallest absolute Gasteiger partial charge is 0.409 e. The van der Waals surface area contributed by atoms with Crippen LogP contribution in [0, 0.1) is 5.92 Å². The SMILES string of the molecule is CCOC(=O)N1CCC([C@]2(O)c3ccc(Cl)cc3CCc3cccnc32)CC1. The molecule has 1 fully saturated rings. The molecular formula is C22H25ClN2O3. The number of amides is 1. The fraction of sp³-hybridized carbons (Fsp3) is 0.455. The lowest BCUT2D eigenvalue weighted by molar-refractivity contribution is -0.0177. The van der Waals surface area contributed by atoms with Gasteiger partial charge in [-0.1, -0.05) is 23.7 Å². The Kier molecular flexibility index (Phi) is 5.30. The van der Waals surface area contributed by atoms with Gasteiger partial charge < -0.3 is 14.7 Å². The molecule has 0 radical (unpaired) electrons. The van der Waals surface area contributed by atoms with E-state index < -0.39 is 5.60 Å². The van der Waals surface area contributed by atoms with Crippen LogP contribution in [0.15, 0.2) is 36.5 Å². The summed E-state index contributed by atoms with van der Waals surface area (Å²) in [6.45, 7) is 3.31. The summed E-state index contributed by atoms with van der Waals surface area (Å²) in [5.74, 6) is -0.0372. The van der Waals surface area contributed by atoms with Gasteiger partial charge in [-0.2, -0.15) is 0 Å². The molecule has 6 heteroatoms. The van der Waals surface area contributed by atoms with Gasteiger partial charge in [0, 0.05) is 30.2 Å². The van der Waals surface area contributed by atoms with E-state index in [9.17, 15) is 9.90 Å². The number of piperidine rings is 1. The number of benzene rings is 1. The molecule has 1 amide bonds. The number of pyridine rings is 1. The number of carbonyl (C=O) groups is 1. The fourth-order valence-corrected chi connectivity index (χ4v) is 4.82. The zero-order valence-corrected chi connectivity index (χ0v) is 16.8. The molecule has 1 N–H and O–H groups in total. The summed E-state index contributed by atoms with van der Waals surface area (Å²) in [6, 6.07) is 9.72. The van der Waals surface area contributed by atoms with Crippen molar-refractivity contribution >= 4 is 17.7 Å². The van der Waals surface area contributed by atoms with Crippen LogP contribution in [0.25, 0.3) is 0 Å². The summed E-state index contributed by atoms with van der Waals surface area (Å²) in [5.41, 5.74) is 2.59. The zero-order chi connectivity index (χ0) is 19.7. The molecule has 0 spiro atoms. The highest BCUT2D eigenvalue weighted by atomic mass is 35.5. The Hall–Kier alpha value is -2.11. The van der Waals surface area contributed by atoms with E-state index in [1.165, 1.54) is 0 Å². The standard InChI is InChI=1S/C22H25ClN2O3/c1-2-28-21(26)25-12-9-17(10-13-25)22(27)19-8-7-18(23)14-16(19)6-5-15-4-3-11-24-20(15)22/h3-4,7-8,11,14,17,27H,2,5-6,9-10,12-13H2,1H3/t22-/m0/s1. The summed E-state index contributed by atoms with van der Waals surface area (Å²) in [5, 5.41) is 12.8. The number of nitrogens with zero attached hydrogens (tertiary/aromatic N) is 2. The van der Waals surface area contributed by atoms with Crippen LogP contribution in [-0.4, -0.2) is 40.8 Å². The van der Waals surface area contributed by atoms with Gasteiger partial charge >= 0.3 is 6.09 Å². The van der Waals surface area contributed by atoms with E-state index in [2.05, 4.69) is 11.1 Å². The van der Waals surface area contributed by atoms with E-state index in [-0.39, 0.29) is 12.0 Å². The summed E-state index contributed by atoms with van der Waals surface area (Å²) >= 11 is 6.25. The number of likely N-dealkylation sites (tertiary alicyclic amines) is 1. The van der Waals surface area contributed by atoms with Crippen LogP contribution < -0.4 is 0 Å². The first-order chi connectivity index (χ1) is 13.5. The Morgan fingerprint density at radius 3 is 2.79 bits per heavy atom. The van der Waals surface area contributed by atoms with E-state index >= 15 is 0 Å². The van der Waals surface area contributed by atoms with Gasteiger partial charge in [0.05, 0.1) is 12.3 Å². The highest BCUT2D eigenvalue weighted by Crippen LogP contribution is 2.46. The van der Waals surface area contributed by atoms with Crippen LogP contribution in [-0.2, 0) is 23.2 Å². The van der Waals surface area contributed by atoms with Gasteiger partial charge in [-0.25, -0.2) is 4.79 Å². The number of halogens is 1. The quantitative estimate of drug-likeness (QED) is 0.829. The Morgan fingerprint density at radius 1 is 1.29 bits per heavy atom. The van der Waals surface area contributed by atoms with Gasteiger partial charge in [-0.05, 0) is 67.5 Å². The van der Waals surface area contributed by atoms with Crippen LogP contribution in [0.4, 0.5) is 4.79 Å². The number of aromatic nitrogens is 1. The molecule has 1 atom stereocenters. The average molecular weight is 401 g/mol. The van der Waals surface area contributed by atoms with Crippen LogP contribution in [0.2, 0.25) is 5.02 Å². The number of hydrogen-bond acceptors (Lipinski definition) is 4. The number of aliphatic hydroxyl groups is 1. The predicted octanol–water partition coefficient (Wildman–Crippen LogP) is 3.94. The number of carbonyl (C=O) groups excluding carboxylic acids is 1. The van der Waals surface area contributed by atoms with Gasteiger partial charge in [-0.15, -0.1) is 0 Å². The Morgan fingerprint density at radius 2 is 2.04 bits per heavy atom. The topological polar surface area (TPSA) is 62.7 Å². The summed E-state index contributed by atoms with van der Waals surface area (Å²) < 4.78 is 5.13. The Bertz CT molecular complexity index is 880. The Labute approximate surface area is 170 Å². The Balaban J connectivity index is 1.72. The molecule has 0 bridgehead atoms. The third-order valence-corrected chi connectivity index (χ3v) is 6.24. The molecular weight excluding hydrogens is 376 g/mol. The highest BCUT2D eigenvalue weighted by molar-refractivity contribution is 6.30. The fourth-order valence-electron chi connectivity index (χ4n) is 4.63. The minimum atomic E-state index is -1.19. The van der Waals surface area contributed by atoms with E-state index in [0.717, 1.165) is 35.2 Å². The van der Waals surface area contributed by atoms with Gasteiger partial charge in [0.25, 0.3) is 0 Å². The molecule has 4 rings (SSSR count). The maximum Gasteiger partial charge on any atom is 0.409 e. The minimum Gasteiger partial charge on any atom is -0.450 e. The minimum absolute atomic E-state index is 0.0372. The van der Waals surface area contributed by atoms with Gasteiger partial charge in [0.15, 0.2) is 0 Å². The van der Waals surface area contributed by atoms with Gasteiger partial charge in [0.2, 0.25) is 0 Å². The molecule has 1 aromatic heterocycles. The molecule has 5 nitrogen and oxygen atoms in total. The van der Waals surface area contributed by atoms with Crippen molar-refractivity contribution in [3.8, 4) is 0 Å². The monoisotopic (exact) mass is 400 g/mol. The molecule has 0 unspecified atom stereocenters. The van der Waals surface area contributed by atoms with Crippen molar-refractivity contribution in [2.24, 2.45) is 5.92 Å². The van der Waals surface area contributed by atoms with Crippen molar-refractivity contribution in [3.05, 3.63) is 63.9 Å². The first-order valence-electron chi connectivity index (χ1n) is 9.91. The molecule has 1 aliphatic heterocycles. The van der Waals surface area contributed by atoms with Crippen LogP contribution in [0.3, 0.4) is 0 Å². The highest BCUT2D eigenvalue weighted by Gasteiger charge is 2.46. The third-order valence-electron chi connectivity index (χ3n) is 6.01. The van der Waals surface area contributed by atoms with Crippen molar-refractivity contribution in [1.82, 2.24) is 9.88 Å². The van der Waals surface area contributed by atoms with Crippen molar-refractivity contribution in [2.75, 3.05) is 19.7 Å². The second-order valence-corrected chi connectivity index (χ2v) is 7.98. The van der Waals surface area contributed by atoms with Gasteiger partial charge in [0.1, 0.15) is 5.60 Å². The van der Waals surface area contributed by atoms with Crippen molar-refractivity contribution in [1.29, 1.82) is 0 Å². The summed E-state index contributed by atoms with van der Waals surface area (Å²) in [6.07, 6.45) is 4.48. The lowest BCUT2D eigenvalue weighted by Gasteiger charge is -2.42. The lowest BCUT2D eigenvalue weighted by atomic mass is 9.72. The number of aryl methyl sites for hydroxylation is 2. The summed E-state index contributed by atoms with van der Waals surface area (Å²) in [7, 11) is 0. The van der Waals surface area contributed by atoms with E-state index in [0.29, 0.717) is 37.6 Å². The largest absolute Gasteiger partial charge is 0.450 e. The second kappa shape index (κ2) is 7.72. The molecule has 148 valence electrons. The van der Waals surface area contributed by atoms with Crippen LogP contribution in [0.1, 0.15) is 42.1 Å². The van der Waals surface area contributed by atoms with Crippen molar-refractivity contribution < 1.29 is 14.6 Å². The predicted molar refractivity (Wildman–Crippen MR) is 107 cm³/mol. The van der Waals surface area contributed by atoms with E-state index in [1.54, 1.807) is 11.1 Å². The first-order valence-corrected chi connectivity index (χ1v) is 10.3. The third kappa shape index (κ3) is 3.27. The maximum atomic E-state index is 12.2. The molecule has 1 aromatic carbocycles. The van der Waals surface area contributed by atoms with Crippen molar-refractivity contribution in [2.45, 2.75) is 38.2 Å². The summed E-state index contributed by atoms with van der Waals surface area (Å²) in [4.78, 5) is 18.4. The van der Waals surface area contributed by atoms with E-state index in [1.807, 2.05) is 31.2 Å². The molecule has 2 aromatic rings. The first kappa shape index (κ1) is 19.2. The zero-order valence-electron chi connectivity index (χ0n) is 16.0. The molecule has 28 heavy (non-hydrogen) atoms. The number of hydrogen-bond donors (Lipinski definition) is 1.